The maximum Gasteiger partial charge on any atom is 0.229 e. The molecule has 5 rings (SSSR count). The number of hydrogen-bond donors (Lipinski definition) is 0. The van der Waals surface area contributed by atoms with Crippen LogP contribution in [0.3, 0.4) is 0 Å². The summed E-state index contributed by atoms with van der Waals surface area (Å²) in [5.74, 6) is 0.758. The SMILES string of the molecule is C=CC[C@@]1(C)C[C@H](c2cccc(Cl)c2)[C@@H](c2ccc(Cl)cc2)N([C@H](CN(Cc2cccc(OC)c2)S(C)(=O)=O)C2CC2)C1=O. The van der Waals surface area contributed by atoms with Crippen molar-refractivity contribution in [1.29, 1.82) is 0 Å². The Labute approximate surface area is 271 Å². The van der Waals surface area contributed by atoms with Gasteiger partial charge in [-0.15, -0.1) is 6.58 Å². The van der Waals surface area contributed by atoms with E-state index in [1.165, 1.54) is 10.6 Å². The van der Waals surface area contributed by atoms with Crippen molar-refractivity contribution in [2.75, 3.05) is 19.9 Å². The predicted molar refractivity (Wildman–Crippen MR) is 178 cm³/mol. The van der Waals surface area contributed by atoms with Gasteiger partial charge in [-0.1, -0.05) is 72.6 Å². The van der Waals surface area contributed by atoms with Crippen molar-refractivity contribution in [3.05, 3.63) is 112 Å². The van der Waals surface area contributed by atoms with E-state index in [0.717, 1.165) is 29.5 Å². The number of hydrogen-bond acceptors (Lipinski definition) is 4. The number of nitrogens with zero attached hydrogens (tertiary/aromatic N) is 2. The minimum atomic E-state index is -3.63. The molecule has 234 valence electrons. The first-order valence-corrected chi connectivity index (χ1v) is 17.6. The van der Waals surface area contributed by atoms with Gasteiger partial charge in [0.05, 0.1) is 24.8 Å². The molecule has 6 nitrogen and oxygen atoms in total. The lowest BCUT2D eigenvalue weighted by atomic mass is 9.67. The fourth-order valence-electron chi connectivity index (χ4n) is 6.70. The number of piperidine rings is 1. The van der Waals surface area contributed by atoms with Gasteiger partial charge in [0, 0.05) is 35.1 Å². The van der Waals surface area contributed by atoms with Gasteiger partial charge in [0.1, 0.15) is 5.75 Å². The topological polar surface area (TPSA) is 66.9 Å². The molecule has 2 fully saturated rings. The number of amides is 1. The van der Waals surface area contributed by atoms with E-state index in [1.54, 1.807) is 7.11 Å². The molecule has 1 heterocycles. The van der Waals surface area contributed by atoms with Crippen LogP contribution in [0.1, 0.15) is 61.3 Å². The van der Waals surface area contributed by atoms with Gasteiger partial charge in [0.25, 0.3) is 0 Å². The van der Waals surface area contributed by atoms with Crippen LogP contribution in [0.5, 0.6) is 5.75 Å². The molecule has 0 bridgehead atoms. The highest BCUT2D eigenvalue weighted by molar-refractivity contribution is 7.88. The summed E-state index contributed by atoms with van der Waals surface area (Å²) in [7, 11) is -2.04. The van der Waals surface area contributed by atoms with Gasteiger partial charge >= 0.3 is 0 Å². The molecule has 0 unspecified atom stereocenters. The highest BCUT2D eigenvalue weighted by Gasteiger charge is 2.53. The van der Waals surface area contributed by atoms with Gasteiger partial charge in [-0.25, -0.2) is 8.42 Å². The summed E-state index contributed by atoms with van der Waals surface area (Å²) in [6.45, 7) is 6.35. The molecule has 2 aliphatic rings. The molecular formula is C35H40Cl2N2O4S. The van der Waals surface area contributed by atoms with E-state index in [0.29, 0.717) is 28.6 Å². The van der Waals surface area contributed by atoms with Crippen molar-refractivity contribution in [3.8, 4) is 5.75 Å². The number of methoxy groups -OCH3 is 1. The van der Waals surface area contributed by atoms with Gasteiger partial charge < -0.3 is 9.64 Å². The van der Waals surface area contributed by atoms with Crippen molar-refractivity contribution < 1.29 is 17.9 Å². The van der Waals surface area contributed by atoms with Crippen molar-refractivity contribution in [3.63, 3.8) is 0 Å². The smallest absolute Gasteiger partial charge is 0.229 e. The second-order valence-corrected chi connectivity index (χ2v) is 15.3. The van der Waals surface area contributed by atoms with E-state index < -0.39 is 15.4 Å². The number of allylic oxidation sites excluding steroid dienone is 1. The van der Waals surface area contributed by atoms with Gasteiger partial charge in [-0.2, -0.15) is 4.31 Å². The van der Waals surface area contributed by atoms with Gasteiger partial charge in [0.2, 0.25) is 15.9 Å². The molecule has 9 heteroatoms. The van der Waals surface area contributed by atoms with Gasteiger partial charge in [-0.05, 0) is 84.7 Å². The Morgan fingerprint density at radius 2 is 1.75 bits per heavy atom. The van der Waals surface area contributed by atoms with Gasteiger partial charge in [0.15, 0.2) is 0 Å². The fraction of sp³-hybridized carbons (Fsp3) is 0.400. The summed E-state index contributed by atoms with van der Waals surface area (Å²) in [4.78, 5) is 16.8. The molecule has 1 saturated carbocycles. The number of benzene rings is 3. The normalized spacial score (nSPS) is 23.0. The van der Waals surface area contributed by atoms with Crippen LogP contribution in [0.25, 0.3) is 0 Å². The molecule has 1 aliphatic carbocycles. The molecule has 44 heavy (non-hydrogen) atoms. The molecule has 3 aromatic carbocycles. The molecule has 0 aromatic heterocycles. The quantitative estimate of drug-likeness (QED) is 0.186. The first-order valence-electron chi connectivity index (χ1n) is 15.0. The van der Waals surface area contributed by atoms with Crippen LogP contribution in [0.4, 0.5) is 0 Å². The zero-order chi connectivity index (χ0) is 31.6. The molecule has 4 atom stereocenters. The minimum Gasteiger partial charge on any atom is -0.497 e. The number of carbonyl (C=O) groups excluding carboxylic acids is 1. The lowest BCUT2D eigenvalue weighted by molar-refractivity contribution is -0.155. The van der Waals surface area contributed by atoms with E-state index in [2.05, 4.69) is 12.6 Å². The van der Waals surface area contributed by atoms with Crippen LogP contribution >= 0.6 is 23.2 Å². The summed E-state index contributed by atoms with van der Waals surface area (Å²) in [5, 5.41) is 1.24. The Morgan fingerprint density at radius 1 is 1.05 bits per heavy atom. The molecule has 0 radical (unpaired) electrons. The molecule has 3 aromatic rings. The largest absolute Gasteiger partial charge is 0.497 e. The first-order chi connectivity index (χ1) is 20.9. The summed E-state index contributed by atoms with van der Waals surface area (Å²) in [5.41, 5.74) is 2.08. The standard InChI is InChI=1S/C35H40Cl2N2O4S/c1-5-18-35(2)21-31(27-9-7-10-29(37)20-27)33(26-14-16-28(36)17-15-26)39(34(35)40)32(25-12-13-25)23-38(44(4,41)42)22-24-8-6-11-30(19-24)43-3/h5-11,14-17,19-20,25,31-33H,1,12-13,18,21-23H2,2-4H3/t31-,32-,33-,35+/m1/s1. The number of ether oxygens (including phenoxy) is 1. The van der Waals surface area contributed by atoms with Crippen LogP contribution in [0.15, 0.2) is 85.5 Å². The van der Waals surface area contributed by atoms with E-state index in [4.69, 9.17) is 27.9 Å². The van der Waals surface area contributed by atoms with Crippen LogP contribution in [0.2, 0.25) is 10.0 Å². The number of halogens is 2. The second kappa shape index (κ2) is 13.3. The van der Waals surface area contributed by atoms with Crippen molar-refractivity contribution in [2.45, 2.75) is 57.2 Å². The third-order valence-corrected chi connectivity index (χ3v) is 10.8. The molecule has 1 amide bonds. The minimum absolute atomic E-state index is 0.0161. The molecule has 1 saturated heterocycles. The number of rotatable bonds is 12. The zero-order valence-electron chi connectivity index (χ0n) is 25.5. The number of likely N-dealkylation sites (tertiary alicyclic amines) is 1. The summed E-state index contributed by atoms with van der Waals surface area (Å²) in [6.07, 6.45) is 6.01. The maximum atomic E-state index is 14.8. The third-order valence-electron chi connectivity index (χ3n) is 9.06. The van der Waals surface area contributed by atoms with Gasteiger partial charge in [-0.3, -0.25) is 4.79 Å². The second-order valence-electron chi connectivity index (χ2n) is 12.4. The molecule has 1 aliphatic heterocycles. The lowest BCUT2D eigenvalue weighted by Crippen LogP contribution is -2.58. The van der Waals surface area contributed by atoms with Crippen LogP contribution in [-0.4, -0.2) is 49.5 Å². The number of carbonyl (C=O) groups is 1. The average molecular weight is 656 g/mol. The maximum absolute atomic E-state index is 14.8. The zero-order valence-corrected chi connectivity index (χ0v) is 27.8. The first kappa shape index (κ1) is 32.6. The molecular weight excluding hydrogens is 615 g/mol. The summed E-state index contributed by atoms with van der Waals surface area (Å²) in [6, 6.07) is 22.3. The van der Waals surface area contributed by atoms with E-state index in [-0.39, 0.29) is 42.9 Å². The predicted octanol–water partition coefficient (Wildman–Crippen LogP) is 7.88. The Bertz CT molecular complexity index is 1610. The Morgan fingerprint density at radius 3 is 2.36 bits per heavy atom. The van der Waals surface area contributed by atoms with E-state index >= 15 is 0 Å². The Kier molecular flexibility index (Phi) is 9.81. The fourth-order valence-corrected chi connectivity index (χ4v) is 7.83. The van der Waals surface area contributed by atoms with Crippen molar-refractivity contribution >= 4 is 39.1 Å². The third kappa shape index (κ3) is 7.17. The lowest BCUT2D eigenvalue weighted by Gasteiger charge is -2.52. The molecule has 0 spiro atoms. The summed E-state index contributed by atoms with van der Waals surface area (Å²) >= 11 is 12.8. The Hall–Kier alpha value is -2.84. The van der Waals surface area contributed by atoms with Crippen LogP contribution in [0, 0.1) is 11.3 Å². The van der Waals surface area contributed by atoms with Crippen LogP contribution in [-0.2, 0) is 21.4 Å². The van der Waals surface area contributed by atoms with Crippen molar-refractivity contribution in [1.82, 2.24) is 9.21 Å². The monoisotopic (exact) mass is 654 g/mol. The average Bonchev–Trinajstić information content (AvgIpc) is 3.83. The van der Waals surface area contributed by atoms with E-state index in [9.17, 15) is 13.2 Å². The van der Waals surface area contributed by atoms with Crippen molar-refractivity contribution in [2.24, 2.45) is 11.3 Å². The highest BCUT2D eigenvalue weighted by Crippen LogP contribution is 2.54. The van der Waals surface area contributed by atoms with Crippen LogP contribution < -0.4 is 4.74 Å². The van der Waals surface area contributed by atoms with E-state index in [1.807, 2.05) is 84.6 Å². The molecule has 0 N–H and O–H groups in total. The Balaban J connectivity index is 1.64. The number of sulfonamides is 1. The highest BCUT2D eigenvalue weighted by atomic mass is 35.5. The summed E-state index contributed by atoms with van der Waals surface area (Å²) < 4.78 is 33.5.